The lowest BCUT2D eigenvalue weighted by molar-refractivity contribution is -0.143. The molecule has 0 spiro atoms. The number of aliphatic carboxylic acids is 2. The van der Waals surface area contributed by atoms with Crippen LogP contribution in [0, 0.1) is 5.92 Å². The SMILES string of the molecule is NC(CC(CCCc1ccc(OCCF)cc1)C(=O)O)C(=O)O. The van der Waals surface area contributed by atoms with Gasteiger partial charge in [0, 0.05) is 0 Å². The number of alkyl halides is 1. The van der Waals surface area contributed by atoms with Gasteiger partial charge in [0.2, 0.25) is 0 Å². The topological polar surface area (TPSA) is 110 Å². The van der Waals surface area contributed by atoms with Gasteiger partial charge in [0.05, 0.1) is 5.92 Å². The predicted molar refractivity (Wildman–Crippen MR) is 82.2 cm³/mol. The average Bonchev–Trinajstić information content (AvgIpc) is 2.52. The van der Waals surface area contributed by atoms with E-state index in [0.29, 0.717) is 25.0 Å². The van der Waals surface area contributed by atoms with Gasteiger partial charge < -0.3 is 20.7 Å². The van der Waals surface area contributed by atoms with Crippen LogP contribution in [0.4, 0.5) is 4.39 Å². The van der Waals surface area contributed by atoms with Crippen LogP contribution in [0.25, 0.3) is 0 Å². The zero-order valence-electron chi connectivity index (χ0n) is 12.8. The molecular weight excluding hydrogens is 305 g/mol. The third-order valence-corrected chi connectivity index (χ3v) is 3.49. The molecule has 0 aliphatic carbocycles. The molecule has 23 heavy (non-hydrogen) atoms. The lowest BCUT2D eigenvalue weighted by atomic mass is 9.93. The van der Waals surface area contributed by atoms with Gasteiger partial charge >= 0.3 is 11.9 Å². The number of carbonyl (C=O) groups is 2. The number of aryl methyl sites for hydroxylation is 1. The highest BCUT2D eigenvalue weighted by Gasteiger charge is 2.23. The summed E-state index contributed by atoms with van der Waals surface area (Å²) in [7, 11) is 0. The molecule has 0 aromatic heterocycles. The molecule has 0 aliphatic rings. The van der Waals surface area contributed by atoms with Crippen molar-refractivity contribution in [2.75, 3.05) is 13.3 Å². The number of halogens is 1. The Morgan fingerprint density at radius 1 is 1.17 bits per heavy atom. The highest BCUT2D eigenvalue weighted by atomic mass is 19.1. The molecule has 0 aliphatic heterocycles. The van der Waals surface area contributed by atoms with Crippen LogP contribution in [0.2, 0.25) is 0 Å². The molecule has 7 heteroatoms. The van der Waals surface area contributed by atoms with Gasteiger partial charge in [-0.05, 0) is 43.4 Å². The standard InChI is InChI=1S/C16H22FNO5/c17-8-9-23-13-6-4-11(5-7-13)2-1-3-12(15(19)20)10-14(18)16(21)22/h4-7,12,14H,1-3,8-10,18H2,(H,19,20)(H,21,22). The number of rotatable bonds is 11. The fourth-order valence-electron chi connectivity index (χ4n) is 2.21. The Morgan fingerprint density at radius 2 is 1.83 bits per heavy atom. The number of hydrogen-bond donors (Lipinski definition) is 3. The lowest BCUT2D eigenvalue weighted by Gasteiger charge is -2.14. The van der Waals surface area contributed by atoms with Gasteiger partial charge in [0.25, 0.3) is 0 Å². The summed E-state index contributed by atoms with van der Waals surface area (Å²) in [5.74, 6) is -2.41. The van der Waals surface area contributed by atoms with E-state index >= 15 is 0 Å². The van der Waals surface area contributed by atoms with Crippen molar-refractivity contribution in [1.82, 2.24) is 0 Å². The first-order chi connectivity index (χ1) is 10.9. The smallest absolute Gasteiger partial charge is 0.320 e. The average molecular weight is 327 g/mol. The van der Waals surface area contributed by atoms with Crippen molar-refractivity contribution < 1.29 is 28.9 Å². The Bertz CT molecular complexity index is 506. The normalized spacial score (nSPS) is 13.3. The fraction of sp³-hybridized carbons (Fsp3) is 0.500. The van der Waals surface area contributed by atoms with Crippen molar-refractivity contribution in [3.05, 3.63) is 29.8 Å². The van der Waals surface area contributed by atoms with Crippen LogP contribution in [0.5, 0.6) is 5.75 Å². The van der Waals surface area contributed by atoms with Gasteiger partial charge in [-0.15, -0.1) is 0 Å². The molecule has 1 aromatic carbocycles. The maximum atomic E-state index is 12.0. The number of hydrogen-bond acceptors (Lipinski definition) is 4. The van der Waals surface area contributed by atoms with Gasteiger partial charge in [-0.3, -0.25) is 9.59 Å². The monoisotopic (exact) mass is 327 g/mol. The summed E-state index contributed by atoms with van der Waals surface area (Å²) < 4.78 is 17.1. The third-order valence-electron chi connectivity index (χ3n) is 3.49. The summed E-state index contributed by atoms with van der Waals surface area (Å²) in [6, 6.07) is 5.99. The third kappa shape index (κ3) is 7.10. The zero-order valence-corrected chi connectivity index (χ0v) is 12.8. The molecule has 1 aromatic rings. The minimum absolute atomic E-state index is 0.0173. The van der Waals surface area contributed by atoms with Crippen LogP contribution in [0.3, 0.4) is 0 Å². The minimum atomic E-state index is -1.19. The molecule has 0 bridgehead atoms. The molecule has 0 radical (unpaired) electrons. The second-order valence-corrected chi connectivity index (χ2v) is 5.29. The number of benzene rings is 1. The molecule has 128 valence electrons. The van der Waals surface area contributed by atoms with Gasteiger partial charge in [-0.2, -0.15) is 0 Å². The van der Waals surface area contributed by atoms with Crippen molar-refractivity contribution in [3.8, 4) is 5.75 Å². The first-order valence-corrected chi connectivity index (χ1v) is 7.43. The highest BCUT2D eigenvalue weighted by molar-refractivity contribution is 5.75. The molecule has 0 heterocycles. The maximum Gasteiger partial charge on any atom is 0.320 e. The first kappa shape index (κ1) is 18.9. The summed E-state index contributed by atoms with van der Waals surface area (Å²) >= 11 is 0. The Labute approximate surface area is 134 Å². The van der Waals surface area contributed by atoms with Crippen LogP contribution in [-0.2, 0) is 16.0 Å². The van der Waals surface area contributed by atoms with Gasteiger partial charge in [-0.1, -0.05) is 12.1 Å². The van der Waals surface area contributed by atoms with E-state index in [2.05, 4.69) is 0 Å². The van der Waals surface area contributed by atoms with E-state index < -0.39 is 30.6 Å². The molecule has 2 atom stereocenters. The van der Waals surface area contributed by atoms with E-state index in [0.717, 1.165) is 5.56 Å². The molecule has 1 rings (SSSR count). The summed E-state index contributed by atoms with van der Waals surface area (Å²) in [5, 5.41) is 17.9. The second-order valence-electron chi connectivity index (χ2n) is 5.29. The van der Waals surface area contributed by atoms with Crippen molar-refractivity contribution in [1.29, 1.82) is 0 Å². The van der Waals surface area contributed by atoms with E-state index in [4.69, 9.17) is 20.7 Å². The zero-order chi connectivity index (χ0) is 17.2. The fourth-order valence-corrected chi connectivity index (χ4v) is 2.21. The Kier molecular flexibility index (Phi) is 8.04. The molecule has 4 N–H and O–H groups in total. The van der Waals surface area contributed by atoms with E-state index in [9.17, 15) is 14.0 Å². The molecule has 2 unspecified atom stereocenters. The van der Waals surface area contributed by atoms with Crippen LogP contribution in [0.15, 0.2) is 24.3 Å². The van der Waals surface area contributed by atoms with E-state index in [-0.39, 0.29) is 13.0 Å². The van der Waals surface area contributed by atoms with Crippen LogP contribution in [-0.4, -0.2) is 41.5 Å². The Hall–Kier alpha value is -2.15. The summed E-state index contributed by atoms with van der Waals surface area (Å²) in [6.45, 7) is -0.528. The van der Waals surface area contributed by atoms with Crippen LogP contribution >= 0.6 is 0 Å². The summed E-state index contributed by atoms with van der Waals surface area (Å²) in [5.41, 5.74) is 6.40. The van der Waals surface area contributed by atoms with Gasteiger partial charge in [0.1, 0.15) is 25.1 Å². The minimum Gasteiger partial charge on any atom is -0.491 e. The molecule has 0 saturated carbocycles. The number of carboxylic acids is 2. The van der Waals surface area contributed by atoms with Crippen molar-refractivity contribution in [2.24, 2.45) is 11.7 Å². The van der Waals surface area contributed by atoms with Crippen molar-refractivity contribution in [3.63, 3.8) is 0 Å². The molecule has 0 saturated heterocycles. The van der Waals surface area contributed by atoms with Crippen molar-refractivity contribution >= 4 is 11.9 Å². The molecule has 0 amide bonds. The first-order valence-electron chi connectivity index (χ1n) is 7.43. The molecule has 6 nitrogen and oxygen atoms in total. The Morgan fingerprint density at radius 3 is 2.35 bits per heavy atom. The maximum absolute atomic E-state index is 12.0. The van der Waals surface area contributed by atoms with E-state index in [1.807, 2.05) is 12.1 Å². The van der Waals surface area contributed by atoms with Crippen LogP contribution in [0.1, 0.15) is 24.8 Å². The lowest BCUT2D eigenvalue weighted by Crippen LogP contribution is -2.34. The number of nitrogens with two attached hydrogens (primary N) is 1. The summed E-state index contributed by atoms with van der Waals surface area (Å²) in [6.07, 6.45) is 1.54. The number of carboxylic acid groups (broad SMARTS) is 2. The van der Waals surface area contributed by atoms with E-state index in [1.165, 1.54) is 0 Å². The van der Waals surface area contributed by atoms with E-state index in [1.54, 1.807) is 12.1 Å². The quantitative estimate of drug-likeness (QED) is 0.572. The molecule has 0 fully saturated rings. The second kappa shape index (κ2) is 9.78. The van der Waals surface area contributed by atoms with Crippen molar-refractivity contribution in [2.45, 2.75) is 31.7 Å². The Balaban J connectivity index is 2.43. The predicted octanol–water partition coefficient (Wildman–Crippen LogP) is 1.86. The van der Waals surface area contributed by atoms with Gasteiger partial charge in [0.15, 0.2) is 0 Å². The number of ether oxygens (including phenoxy) is 1. The summed E-state index contributed by atoms with van der Waals surface area (Å²) in [4.78, 5) is 21.9. The van der Waals surface area contributed by atoms with Gasteiger partial charge in [-0.25, -0.2) is 4.39 Å². The highest BCUT2D eigenvalue weighted by Crippen LogP contribution is 2.18. The molecular formula is C16H22FNO5. The largest absolute Gasteiger partial charge is 0.491 e. The van der Waals surface area contributed by atoms with Crippen LogP contribution < -0.4 is 10.5 Å².